The molecule has 6 nitrogen and oxygen atoms in total. The maximum absolute atomic E-state index is 5.42. The molecule has 0 fully saturated rings. The number of fused-ring (bicyclic) bond motifs is 2. The van der Waals surface area contributed by atoms with Crippen molar-refractivity contribution in [3.63, 3.8) is 0 Å². The summed E-state index contributed by atoms with van der Waals surface area (Å²) in [5.41, 5.74) is 2.80. The third kappa shape index (κ3) is 1.83. The Hall–Kier alpha value is -3.02. The van der Waals surface area contributed by atoms with Gasteiger partial charge in [0, 0.05) is 0 Å². The van der Waals surface area contributed by atoms with E-state index in [-0.39, 0.29) is 12.0 Å². The Morgan fingerprint density at radius 1 is 0.650 bits per heavy atom. The summed E-state index contributed by atoms with van der Waals surface area (Å²) in [7, 11) is 0. The van der Waals surface area contributed by atoms with E-state index >= 15 is 0 Å². The smallest absolute Gasteiger partial charge is 0.342 e. The van der Waals surface area contributed by atoms with E-state index in [1.54, 1.807) is 0 Å². The number of hydrogen-bond donors (Lipinski definition) is 0. The molecule has 0 saturated carbocycles. The molecule has 0 aliphatic heterocycles. The van der Waals surface area contributed by atoms with Crippen LogP contribution in [0.4, 0.5) is 12.0 Å². The van der Waals surface area contributed by atoms with Crippen LogP contribution in [-0.2, 0) is 0 Å². The van der Waals surface area contributed by atoms with Gasteiger partial charge in [-0.1, -0.05) is 34.5 Å². The number of nitrogens with zero attached hydrogens (tertiary/aromatic N) is 4. The van der Waals surface area contributed by atoms with Crippen LogP contribution in [0.25, 0.3) is 22.2 Å². The third-order valence-electron chi connectivity index (χ3n) is 2.79. The first-order valence-corrected chi connectivity index (χ1v) is 6.01. The fourth-order valence-corrected chi connectivity index (χ4v) is 1.89. The quantitative estimate of drug-likeness (QED) is 0.503. The van der Waals surface area contributed by atoms with Gasteiger partial charge in [-0.3, -0.25) is 0 Å². The lowest BCUT2D eigenvalue weighted by Gasteiger charge is -1.80. The number of benzene rings is 2. The van der Waals surface area contributed by atoms with Crippen LogP contribution in [0.3, 0.4) is 0 Å². The van der Waals surface area contributed by atoms with Crippen LogP contribution in [0.2, 0.25) is 0 Å². The summed E-state index contributed by atoms with van der Waals surface area (Å²) in [6, 6.07) is 15.2. The van der Waals surface area contributed by atoms with Crippen LogP contribution in [0, 0.1) is 0 Å². The Kier molecular flexibility index (Phi) is 2.32. The molecule has 6 heteroatoms. The molecular formula is C14H8N4O2. The summed E-state index contributed by atoms with van der Waals surface area (Å²) in [6.07, 6.45) is 0. The van der Waals surface area contributed by atoms with Gasteiger partial charge in [-0.25, -0.2) is 0 Å². The fraction of sp³-hybridized carbons (Fsp3) is 0. The van der Waals surface area contributed by atoms with Crippen LogP contribution in [-0.4, -0.2) is 9.97 Å². The average Bonchev–Trinajstić information content (AvgIpc) is 3.07. The van der Waals surface area contributed by atoms with Crippen molar-refractivity contribution in [3.8, 4) is 0 Å². The van der Waals surface area contributed by atoms with E-state index in [1.165, 1.54) is 0 Å². The van der Waals surface area contributed by atoms with Gasteiger partial charge in [0.25, 0.3) is 0 Å². The highest BCUT2D eigenvalue weighted by Gasteiger charge is 2.06. The van der Waals surface area contributed by atoms with Gasteiger partial charge in [0.1, 0.15) is 11.0 Å². The first-order valence-electron chi connectivity index (χ1n) is 6.01. The number of aromatic nitrogens is 2. The molecule has 0 saturated heterocycles. The lowest BCUT2D eigenvalue weighted by atomic mass is 10.3. The number of rotatable bonds is 2. The highest BCUT2D eigenvalue weighted by molar-refractivity contribution is 5.74. The molecular weight excluding hydrogens is 256 g/mol. The van der Waals surface area contributed by atoms with Gasteiger partial charge < -0.3 is 8.83 Å². The Morgan fingerprint density at radius 3 is 1.55 bits per heavy atom. The molecule has 0 aliphatic carbocycles. The van der Waals surface area contributed by atoms with Crippen LogP contribution < -0.4 is 0 Å². The lowest BCUT2D eigenvalue weighted by molar-refractivity contribution is 0.585. The molecule has 0 amide bonds. The molecule has 2 aromatic heterocycles. The van der Waals surface area contributed by atoms with Gasteiger partial charge in [-0.05, 0) is 24.3 Å². The molecule has 0 N–H and O–H groups in total. The van der Waals surface area contributed by atoms with Crippen LogP contribution in [0.1, 0.15) is 0 Å². The van der Waals surface area contributed by atoms with Crippen LogP contribution in [0.15, 0.2) is 67.6 Å². The van der Waals surface area contributed by atoms with E-state index in [1.807, 2.05) is 48.5 Å². The van der Waals surface area contributed by atoms with E-state index in [0.29, 0.717) is 11.2 Å². The van der Waals surface area contributed by atoms with Crippen LogP contribution >= 0.6 is 0 Å². The average molecular weight is 264 g/mol. The van der Waals surface area contributed by atoms with Crippen molar-refractivity contribution in [1.82, 2.24) is 9.97 Å². The van der Waals surface area contributed by atoms with Crippen molar-refractivity contribution in [3.05, 3.63) is 48.5 Å². The highest BCUT2D eigenvalue weighted by atomic mass is 16.4. The van der Waals surface area contributed by atoms with Crippen molar-refractivity contribution in [2.75, 3.05) is 0 Å². The Bertz CT molecular complexity index is 781. The van der Waals surface area contributed by atoms with E-state index in [4.69, 9.17) is 8.83 Å². The van der Waals surface area contributed by atoms with E-state index in [0.717, 1.165) is 11.0 Å². The molecule has 0 unspecified atom stereocenters. The molecule has 4 rings (SSSR count). The Balaban J connectivity index is 1.70. The fourth-order valence-electron chi connectivity index (χ4n) is 1.89. The Morgan fingerprint density at radius 2 is 1.10 bits per heavy atom. The highest BCUT2D eigenvalue weighted by Crippen LogP contribution is 2.24. The maximum atomic E-state index is 5.42. The largest absolute Gasteiger partial charge is 0.421 e. The third-order valence-corrected chi connectivity index (χ3v) is 2.79. The predicted molar refractivity (Wildman–Crippen MR) is 72.2 cm³/mol. The summed E-state index contributed by atoms with van der Waals surface area (Å²) >= 11 is 0. The molecule has 2 heterocycles. The van der Waals surface area contributed by atoms with Gasteiger partial charge in [0.15, 0.2) is 11.2 Å². The minimum absolute atomic E-state index is 0.174. The summed E-state index contributed by atoms with van der Waals surface area (Å²) in [6.45, 7) is 0. The zero-order valence-electron chi connectivity index (χ0n) is 10.2. The van der Waals surface area contributed by atoms with Gasteiger partial charge in [0.2, 0.25) is 0 Å². The zero-order valence-corrected chi connectivity index (χ0v) is 10.2. The topological polar surface area (TPSA) is 76.8 Å². The second-order valence-corrected chi connectivity index (χ2v) is 4.13. The van der Waals surface area contributed by atoms with E-state index in [2.05, 4.69) is 20.2 Å². The maximum Gasteiger partial charge on any atom is 0.342 e. The van der Waals surface area contributed by atoms with Gasteiger partial charge in [-0.2, -0.15) is 9.97 Å². The monoisotopic (exact) mass is 264 g/mol. The molecule has 96 valence electrons. The zero-order chi connectivity index (χ0) is 13.4. The predicted octanol–water partition coefficient (Wildman–Crippen LogP) is 4.38. The molecule has 0 atom stereocenters. The van der Waals surface area contributed by atoms with Crippen molar-refractivity contribution in [1.29, 1.82) is 0 Å². The standard InChI is InChI=1S/C14H8N4O2/c1-3-7-11-9(5-1)15-13(19-11)17-18-14-16-10-6-2-4-8-12(10)20-14/h1-8H/b18-17+. The first-order chi connectivity index (χ1) is 9.88. The SMILES string of the molecule is c1ccc2oc(/N=N/c3nc4ccccc4o3)nc2c1. The van der Waals surface area contributed by atoms with E-state index < -0.39 is 0 Å². The number of hydrogen-bond acceptors (Lipinski definition) is 6. The summed E-state index contributed by atoms with van der Waals surface area (Å²) < 4.78 is 10.8. The van der Waals surface area contributed by atoms with Gasteiger partial charge in [0.05, 0.1) is 0 Å². The van der Waals surface area contributed by atoms with Crippen molar-refractivity contribution < 1.29 is 8.83 Å². The van der Waals surface area contributed by atoms with Crippen molar-refractivity contribution in [2.24, 2.45) is 10.2 Å². The Labute approximate surface area is 112 Å². The molecule has 20 heavy (non-hydrogen) atoms. The van der Waals surface area contributed by atoms with Gasteiger partial charge in [-0.15, -0.1) is 0 Å². The van der Waals surface area contributed by atoms with Crippen LogP contribution in [0.5, 0.6) is 0 Å². The number of para-hydroxylation sites is 4. The number of oxazole rings is 2. The molecule has 4 aromatic rings. The molecule has 0 aliphatic rings. The van der Waals surface area contributed by atoms with Crippen molar-refractivity contribution in [2.45, 2.75) is 0 Å². The summed E-state index contributed by atoms with van der Waals surface area (Å²) in [5.74, 6) is 0. The first kappa shape index (κ1) is 10.9. The molecule has 2 aromatic carbocycles. The van der Waals surface area contributed by atoms with Crippen molar-refractivity contribution >= 4 is 34.2 Å². The second-order valence-electron chi connectivity index (χ2n) is 4.13. The van der Waals surface area contributed by atoms with Gasteiger partial charge >= 0.3 is 12.0 Å². The normalized spacial score (nSPS) is 11.8. The number of azo groups is 1. The van der Waals surface area contributed by atoms with E-state index in [9.17, 15) is 0 Å². The minimum atomic E-state index is 0.174. The summed E-state index contributed by atoms with van der Waals surface area (Å²) in [5, 5.41) is 7.80. The lowest BCUT2D eigenvalue weighted by Crippen LogP contribution is -1.65. The molecule has 0 spiro atoms. The summed E-state index contributed by atoms with van der Waals surface area (Å²) in [4.78, 5) is 8.37. The second kappa shape index (κ2) is 4.27. The minimum Gasteiger partial charge on any atom is -0.421 e. The molecule has 0 radical (unpaired) electrons. The molecule has 0 bridgehead atoms.